The van der Waals surface area contributed by atoms with Crippen LogP contribution in [0.5, 0.6) is 5.06 Å². The zero-order valence-electron chi connectivity index (χ0n) is 13.8. The summed E-state index contributed by atoms with van der Waals surface area (Å²) in [6.07, 6.45) is 1.64. The molecule has 1 N–H and O–H groups in total. The van der Waals surface area contributed by atoms with E-state index in [2.05, 4.69) is 20.5 Å². The molecule has 0 aromatic carbocycles. The van der Waals surface area contributed by atoms with Gasteiger partial charge in [-0.1, -0.05) is 29.0 Å². The highest BCUT2D eigenvalue weighted by atomic mass is 35.5. The highest BCUT2D eigenvalue weighted by Crippen LogP contribution is 2.28. The molecule has 0 spiro atoms. The van der Waals surface area contributed by atoms with E-state index in [0.29, 0.717) is 34.9 Å². The molecule has 1 aliphatic rings. The van der Waals surface area contributed by atoms with E-state index in [1.165, 1.54) is 11.3 Å². The number of hydrazone groups is 1. The van der Waals surface area contributed by atoms with E-state index >= 15 is 0 Å². The van der Waals surface area contributed by atoms with Gasteiger partial charge in [-0.25, -0.2) is 4.98 Å². The predicted octanol–water partition coefficient (Wildman–Crippen LogP) is 2.72. The molecule has 0 radical (unpaired) electrons. The van der Waals surface area contributed by atoms with Gasteiger partial charge in [0.15, 0.2) is 5.06 Å². The van der Waals surface area contributed by atoms with Crippen molar-refractivity contribution in [2.24, 2.45) is 10.1 Å². The van der Waals surface area contributed by atoms with Crippen molar-refractivity contribution in [1.82, 2.24) is 9.88 Å². The minimum atomic E-state index is -0.547. The molecule has 0 bridgehead atoms. The second kappa shape index (κ2) is 8.11. The Kier molecular flexibility index (Phi) is 5.64. The first-order chi connectivity index (χ1) is 12.6. The van der Waals surface area contributed by atoms with Gasteiger partial charge >= 0.3 is 5.84 Å². The van der Waals surface area contributed by atoms with Crippen LogP contribution in [0.4, 0.5) is 5.00 Å². The van der Waals surface area contributed by atoms with Gasteiger partial charge in [0.25, 0.3) is 0 Å². The lowest BCUT2D eigenvalue weighted by Gasteiger charge is -2.17. The summed E-state index contributed by atoms with van der Waals surface area (Å²) in [6.45, 7) is 1.47. The monoisotopic (exact) mass is 394 g/mol. The molecule has 136 valence electrons. The van der Waals surface area contributed by atoms with Crippen LogP contribution in [0.2, 0.25) is 5.15 Å². The number of pyridine rings is 1. The molecule has 2 aromatic rings. The highest BCUT2D eigenvalue weighted by Gasteiger charge is 2.31. The number of nitrogens with one attached hydrogen (secondary N) is 1. The second-order valence-corrected chi connectivity index (χ2v) is 6.68. The van der Waals surface area contributed by atoms with Gasteiger partial charge in [-0.15, -0.1) is 0 Å². The fourth-order valence-electron chi connectivity index (χ4n) is 2.34. The maximum Gasteiger partial charge on any atom is 0.430 e. The van der Waals surface area contributed by atoms with Gasteiger partial charge in [-0.2, -0.15) is 5.43 Å². The lowest BCUT2D eigenvalue weighted by atomic mass is 10.2. The Balaban J connectivity index is 1.76. The molecule has 0 aliphatic carbocycles. The van der Waals surface area contributed by atoms with E-state index in [1.807, 2.05) is 6.07 Å². The number of nitrogens with zero attached hydrogens (tertiary/aromatic N) is 5. The Morgan fingerprint density at radius 2 is 2.35 bits per heavy atom. The Hall–Kier alpha value is -2.72. The number of hydrogen-bond donors (Lipinski definition) is 1. The SMILES string of the molecule is COc1ccc(NN=C(C2=NCCN2Cc2ccc(Cl)nc2)[N+](=O)[O-])s1. The molecule has 0 unspecified atom stereocenters. The maximum atomic E-state index is 11.5. The van der Waals surface area contributed by atoms with Crippen LogP contribution in [0.3, 0.4) is 0 Å². The lowest BCUT2D eigenvalue weighted by molar-refractivity contribution is -0.346. The van der Waals surface area contributed by atoms with Gasteiger partial charge in [-0.05, 0) is 28.7 Å². The number of amidine groups is 2. The molecule has 9 nitrogen and oxygen atoms in total. The van der Waals surface area contributed by atoms with Crippen molar-refractivity contribution in [3.05, 3.63) is 51.3 Å². The third kappa shape index (κ3) is 4.27. The Bertz CT molecular complexity index is 851. The van der Waals surface area contributed by atoms with Crippen molar-refractivity contribution >= 4 is 39.6 Å². The van der Waals surface area contributed by atoms with Crippen molar-refractivity contribution in [3.63, 3.8) is 0 Å². The van der Waals surface area contributed by atoms with Gasteiger partial charge < -0.3 is 19.8 Å². The average molecular weight is 395 g/mol. The molecule has 2 aromatic heterocycles. The summed E-state index contributed by atoms with van der Waals surface area (Å²) in [6, 6.07) is 6.99. The summed E-state index contributed by atoms with van der Waals surface area (Å²) in [7, 11) is 1.55. The minimum Gasteiger partial charge on any atom is -0.487 e. The van der Waals surface area contributed by atoms with Crippen molar-refractivity contribution in [2.75, 3.05) is 25.6 Å². The van der Waals surface area contributed by atoms with Crippen molar-refractivity contribution in [2.45, 2.75) is 6.54 Å². The largest absolute Gasteiger partial charge is 0.487 e. The van der Waals surface area contributed by atoms with E-state index in [-0.39, 0.29) is 11.7 Å². The number of halogens is 1. The summed E-state index contributed by atoms with van der Waals surface area (Å²) in [5.74, 6) is -0.0993. The average Bonchev–Trinajstić information content (AvgIpc) is 3.27. The first-order valence-electron chi connectivity index (χ1n) is 7.59. The van der Waals surface area contributed by atoms with Gasteiger partial charge in [0.05, 0.1) is 18.8 Å². The number of ether oxygens (including phenoxy) is 1. The fraction of sp³-hybridized carbons (Fsp3) is 0.267. The van der Waals surface area contributed by atoms with Crippen molar-refractivity contribution < 1.29 is 9.66 Å². The van der Waals surface area contributed by atoms with Crippen molar-refractivity contribution in [1.29, 1.82) is 0 Å². The second-order valence-electron chi connectivity index (χ2n) is 5.24. The third-order valence-electron chi connectivity index (χ3n) is 3.52. The van der Waals surface area contributed by atoms with Crippen LogP contribution in [-0.2, 0) is 6.54 Å². The van der Waals surface area contributed by atoms with E-state index in [0.717, 1.165) is 5.56 Å². The zero-order chi connectivity index (χ0) is 18.5. The molecular formula is C15H15ClN6O3S. The number of methoxy groups -OCH3 is 1. The van der Waals surface area contributed by atoms with Gasteiger partial charge in [0.2, 0.25) is 5.84 Å². The number of aromatic nitrogens is 1. The van der Waals surface area contributed by atoms with Crippen LogP contribution in [-0.4, -0.2) is 46.7 Å². The van der Waals surface area contributed by atoms with E-state index in [1.54, 1.807) is 36.4 Å². The van der Waals surface area contributed by atoms with Gasteiger partial charge in [0, 0.05) is 19.3 Å². The number of thiophene rings is 1. The predicted molar refractivity (Wildman–Crippen MR) is 101 cm³/mol. The normalized spacial score (nSPS) is 14.3. The Morgan fingerprint density at radius 1 is 1.50 bits per heavy atom. The molecule has 0 saturated heterocycles. The molecule has 0 fully saturated rings. The van der Waals surface area contributed by atoms with Crippen LogP contribution >= 0.6 is 22.9 Å². The van der Waals surface area contributed by atoms with Crippen LogP contribution in [0, 0.1) is 10.1 Å². The number of hydrogen-bond acceptors (Lipinski definition) is 9. The molecule has 1 aliphatic heterocycles. The lowest BCUT2D eigenvalue weighted by Crippen LogP contribution is -2.37. The molecular weight excluding hydrogens is 380 g/mol. The standard InChI is InChI=1S/C15H15ClN6O3S/c1-25-13-5-4-12(26-13)19-20-15(22(23)24)14-17-6-7-21(14)9-10-2-3-11(16)18-8-10/h2-5,8,19H,6-7,9H2,1H3. The fourth-order valence-corrected chi connectivity index (χ4v) is 3.11. The number of anilines is 1. The number of rotatable bonds is 6. The summed E-state index contributed by atoms with van der Waals surface area (Å²) in [5.41, 5.74) is 3.57. The summed E-state index contributed by atoms with van der Waals surface area (Å²) < 4.78 is 5.09. The van der Waals surface area contributed by atoms with E-state index in [4.69, 9.17) is 16.3 Å². The molecule has 26 heavy (non-hydrogen) atoms. The summed E-state index contributed by atoms with van der Waals surface area (Å²) >= 11 is 7.08. The molecule has 0 saturated carbocycles. The first kappa shape index (κ1) is 18.1. The highest BCUT2D eigenvalue weighted by molar-refractivity contribution is 7.17. The number of nitro groups is 1. The van der Waals surface area contributed by atoms with E-state index < -0.39 is 4.92 Å². The Morgan fingerprint density at radius 3 is 3.00 bits per heavy atom. The van der Waals surface area contributed by atoms with Crippen LogP contribution in [0.25, 0.3) is 0 Å². The first-order valence-corrected chi connectivity index (χ1v) is 8.78. The molecule has 3 heterocycles. The minimum absolute atomic E-state index is 0.237. The zero-order valence-corrected chi connectivity index (χ0v) is 15.3. The van der Waals surface area contributed by atoms with E-state index in [9.17, 15) is 10.1 Å². The molecule has 11 heteroatoms. The van der Waals surface area contributed by atoms with Crippen LogP contribution in [0.1, 0.15) is 5.56 Å². The molecule has 0 atom stereocenters. The molecule has 0 amide bonds. The summed E-state index contributed by atoms with van der Waals surface area (Å²) in [4.78, 5) is 21.0. The topological polar surface area (TPSA) is 105 Å². The number of aliphatic imine (C=N–C) groups is 1. The van der Waals surface area contributed by atoms with Crippen LogP contribution in [0.15, 0.2) is 40.6 Å². The summed E-state index contributed by atoms with van der Waals surface area (Å²) in [5, 5.41) is 17.1. The quantitative estimate of drug-likeness (QED) is 0.265. The smallest absolute Gasteiger partial charge is 0.430 e. The van der Waals surface area contributed by atoms with Gasteiger partial charge in [-0.3, -0.25) is 4.99 Å². The van der Waals surface area contributed by atoms with Crippen LogP contribution < -0.4 is 10.2 Å². The van der Waals surface area contributed by atoms with Crippen molar-refractivity contribution in [3.8, 4) is 5.06 Å². The molecule has 3 rings (SSSR count). The maximum absolute atomic E-state index is 11.5. The third-order valence-corrected chi connectivity index (χ3v) is 4.70. The van der Waals surface area contributed by atoms with Gasteiger partial charge in [0.1, 0.15) is 10.2 Å². The Labute approximate surface area is 158 Å².